The van der Waals surface area contributed by atoms with Crippen LogP contribution in [0.4, 0.5) is 5.69 Å². The highest BCUT2D eigenvalue weighted by molar-refractivity contribution is 6.30. The lowest BCUT2D eigenvalue weighted by Gasteiger charge is -2.14. The van der Waals surface area contributed by atoms with Gasteiger partial charge in [-0.3, -0.25) is 9.59 Å². The molecule has 0 fully saturated rings. The first-order valence-electron chi connectivity index (χ1n) is 8.44. The lowest BCUT2D eigenvalue weighted by molar-refractivity contribution is -0.129. The van der Waals surface area contributed by atoms with Crippen LogP contribution in [0.3, 0.4) is 0 Å². The summed E-state index contributed by atoms with van der Waals surface area (Å²) in [5, 5.41) is 6.11. The van der Waals surface area contributed by atoms with Gasteiger partial charge in [-0.05, 0) is 55.7 Å². The molecular formula is C20H21ClN2O3. The molecule has 0 spiro atoms. The molecule has 0 saturated carbocycles. The Labute approximate surface area is 157 Å². The third-order valence-corrected chi connectivity index (χ3v) is 4.59. The smallest absolute Gasteiger partial charge is 0.261 e. The van der Waals surface area contributed by atoms with Crippen molar-refractivity contribution in [2.75, 3.05) is 11.9 Å². The van der Waals surface area contributed by atoms with Gasteiger partial charge in [-0.15, -0.1) is 0 Å². The maximum atomic E-state index is 12.3. The normalized spacial score (nSPS) is 15.2. The molecule has 0 unspecified atom stereocenters. The molecule has 136 valence electrons. The van der Waals surface area contributed by atoms with Crippen LogP contribution in [0.2, 0.25) is 5.02 Å². The zero-order chi connectivity index (χ0) is 18.8. The number of hydrogen-bond acceptors (Lipinski definition) is 3. The summed E-state index contributed by atoms with van der Waals surface area (Å²) in [5.74, 6) is 0.0710. The SMILES string of the molecule is Cc1cc(C)c(NC(=O)CNC(=O)[C@@H]2Cc3cc(Cl)ccc3O2)c(C)c1. The first-order valence-corrected chi connectivity index (χ1v) is 8.82. The number of aryl methyl sites for hydroxylation is 3. The molecule has 0 bridgehead atoms. The maximum absolute atomic E-state index is 12.3. The fraction of sp³-hybridized carbons (Fsp3) is 0.300. The van der Waals surface area contributed by atoms with Crippen molar-refractivity contribution in [1.29, 1.82) is 0 Å². The number of hydrogen-bond donors (Lipinski definition) is 2. The van der Waals surface area contributed by atoms with Gasteiger partial charge in [0, 0.05) is 17.1 Å². The van der Waals surface area contributed by atoms with Crippen molar-refractivity contribution in [1.82, 2.24) is 5.32 Å². The Bertz CT molecular complexity index is 856. The van der Waals surface area contributed by atoms with Gasteiger partial charge in [-0.25, -0.2) is 0 Å². The highest BCUT2D eigenvalue weighted by Crippen LogP contribution is 2.31. The van der Waals surface area contributed by atoms with Crippen molar-refractivity contribution in [2.24, 2.45) is 0 Å². The van der Waals surface area contributed by atoms with E-state index >= 15 is 0 Å². The van der Waals surface area contributed by atoms with Gasteiger partial charge >= 0.3 is 0 Å². The highest BCUT2D eigenvalue weighted by atomic mass is 35.5. The van der Waals surface area contributed by atoms with Crippen LogP contribution in [0.25, 0.3) is 0 Å². The molecule has 1 heterocycles. The minimum atomic E-state index is -0.640. The molecule has 0 radical (unpaired) electrons. The molecular weight excluding hydrogens is 352 g/mol. The Morgan fingerprint density at radius 2 is 1.85 bits per heavy atom. The Morgan fingerprint density at radius 3 is 2.54 bits per heavy atom. The van der Waals surface area contributed by atoms with E-state index in [4.69, 9.17) is 16.3 Å². The molecule has 2 aromatic carbocycles. The molecule has 26 heavy (non-hydrogen) atoms. The number of benzene rings is 2. The number of fused-ring (bicyclic) bond motifs is 1. The van der Waals surface area contributed by atoms with Crippen LogP contribution >= 0.6 is 11.6 Å². The average molecular weight is 373 g/mol. The van der Waals surface area contributed by atoms with E-state index in [9.17, 15) is 9.59 Å². The lowest BCUT2D eigenvalue weighted by Crippen LogP contribution is -2.41. The summed E-state index contributed by atoms with van der Waals surface area (Å²) < 4.78 is 5.62. The van der Waals surface area contributed by atoms with Crippen molar-refractivity contribution in [3.05, 3.63) is 57.6 Å². The van der Waals surface area contributed by atoms with Crippen molar-refractivity contribution in [3.8, 4) is 5.75 Å². The first kappa shape index (κ1) is 18.3. The Kier molecular flexibility index (Phi) is 5.18. The Hall–Kier alpha value is -2.53. The first-order chi connectivity index (χ1) is 12.3. The van der Waals surface area contributed by atoms with E-state index in [-0.39, 0.29) is 18.4 Å². The van der Waals surface area contributed by atoms with Gasteiger partial charge in [0.1, 0.15) is 5.75 Å². The van der Waals surface area contributed by atoms with Gasteiger partial charge in [0.15, 0.2) is 6.10 Å². The van der Waals surface area contributed by atoms with Crippen LogP contribution < -0.4 is 15.4 Å². The summed E-state index contributed by atoms with van der Waals surface area (Å²) in [6.07, 6.45) is -0.196. The summed E-state index contributed by atoms with van der Waals surface area (Å²) in [6.45, 7) is 5.80. The second-order valence-electron chi connectivity index (χ2n) is 6.60. The second kappa shape index (κ2) is 7.38. The highest BCUT2D eigenvalue weighted by Gasteiger charge is 2.29. The van der Waals surface area contributed by atoms with E-state index < -0.39 is 6.10 Å². The number of anilines is 1. The van der Waals surface area contributed by atoms with Gasteiger partial charge in [-0.1, -0.05) is 29.3 Å². The van der Waals surface area contributed by atoms with Crippen LogP contribution in [0.5, 0.6) is 5.75 Å². The molecule has 0 aromatic heterocycles. The molecule has 2 amide bonds. The Morgan fingerprint density at radius 1 is 1.15 bits per heavy atom. The lowest BCUT2D eigenvalue weighted by atomic mass is 10.1. The van der Waals surface area contributed by atoms with Gasteiger partial charge in [0.2, 0.25) is 5.91 Å². The van der Waals surface area contributed by atoms with E-state index in [2.05, 4.69) is 10.6 Å². The third-order valence-electron chi connectivity index (χ3n) is 4.35. The number of carbonyl (C=O) groups excluding carboxylic acids is 2. The molecule has 3 rings (SSSR count). The summed E-state index contributed by atoms with van der Waals surface area (Å²) in [4.78, 5) is 24.5. The summed E-state index contributed by atoms with van der Waals surface area (Å²) in [7, 11) is 0. The molecule has 0 aliphatic carbocycles. The quantitative estimate of drug-likeness (QED) is 0.865. The van der Waals surface area contributed by atoms with Crippen LogP contribution in [0.1, 0.15) is 22.3 Å². The molecule has 1 atom stereocenters. The van der Waals surface area contributed by atoms with Crippen LogP contribution in [-0.2, 0) is 16.0 Å². The monoisotopic (exact) mass is 372 g/mol. The summed E-state index contributed by atoms with van der Waals surface area (Å²) in [5.41, 5.74) is 4.81. The van der Waals surface area contributed by atoms with Crippen LogP contribution in [0, 0.1) is 20.8 Å². The standard InChI is InChI=1S/C20H21ClN2O3/c1-11-6-12(2)19(13(3)7-11)23-18(24)10-22-20(25)17-9-14-8-15(21)4-5-16(14)26-17/h4-8,17H,9-10H2,1-3H3,(H,22,25)(H,23,24)/t17-/m0/s1. The average Bonchev–Trinajstić information content (AvgIpc) is 2.99. The molecule has 2 N–H and O–H groups in total. The number of carbonyl (C=O) groups is 2. The van der Waals surface area contributed by atoms with E-state index in [1.54, 1.807) is 18.2 Å². The van der Waals surface area contributed by atoms with Crippen molar-refractivity contribution >= 4 is 29.1 Å². The van der Waals surface area contributed by atoms with Crippen LogP contribution in [-0.4, -0.2) is 24.5 Å². The van der Waals surface area contributed by atoms with Gasteiger partial charge in [0.25, 0.3) is 5.91 Å². The minimum absolute atomic E-state index is 0.109. The predicted octanol–water partition coefficient (Wildman–Crippen LogP) is 3.32. The van der Waals surface area contributed by atoms with Crippen molar-refractivity contribution in [2.45, 2.75) is 33.3 Å². The molecule has 5 nitrogen and oxygen atoms in total. The molecule has 1 aliphatic heterocycles. The number of ether oxygens (including phenoxy) is 1. The largest absolute Gasteiger partial charge is 0.480 e. The van der Waals surface area contributed by atoms with Crippen molar-refractivity contribution < 1.29 is 14.3 Å². The van der Waals surface area contributed by atoms with Gasteiger partial charge in [-0.2, -0.15) is 0 Å². The fourth-order valence-electron chi connectivity index (χ4n) is 3.21. The number of halogens is 1. The van der Waals surface area contributed by atoms with E-state index in [0.717, 1.165) is 27.9 Å². The zero-order valence-corrected chi connectivity index (χ0v) is 15.7. The maximum Gasteiger partial charge on any atom is 0.261 e. The van der Waals surface area contributed by atoms with E-state index in [1.807, 2.05) is 32.9 Å². The van der Waals surface area contributed by atoms with Crippen molar-refractivity contribution in [3.63, 3.8) is 0 Å². The van der Waals surface area contributed by atoms with Crippen LogP contribution in [0.15, 0.2) is 30.3 Å². The fourth-order valence-corrected chi connectivity index (χ4v) is 3.40. The molecule has 0 saturated heterocycles. The topological polar surface area (TPSA) is 67.4 Å². The van der Waals surface area contributed by atoms with E-state index in [0.29, 0.717) is 17.2 Å². The molecule has 2 aromatic rings. The zero-order valence-electron chi connectivity index (χ0n) is 15.0. The van der Waals surface area contributed by atoms with Gasteiger partial charge < -0.3 is 15.4 Å². The Balaban J connectivity index is 1.55. The summed E-state index contributed by atoms with van der Waals surface area (Å²) >= 11 is 5.96. The number of nitrogens with one attached hydrogen (secondary N) is 2. The third kappa shape index (κ3) is 3.99. The van der Waals surface area contributed by atoms with E-state index in [1.165, 1.54) is 0 Å². The predicted molar refractivity (Wildman–Crippen MR) is 102 cm³/mol. The molecule has 1 aliphatic rings. The minimum Gasteiger partial charge on any atom is -0.480 e. The summed E-state index contributed by atoms with van der Waals surface area (Å²) in [6, 6.07) is 9.28. The molecule has 6 heteroatoms. The number of amides is 2. The number of rotatable bonds is 4. The van der Waals surface area contributed by atoms with Gasteiger partial charge in [0.05, 0.1) is 6.54 Å². The second-order valence-corrected chi connectivity index (χ2v) is 7.04.